The molecule has 27 heavy (non-hydrogen) atoms. The zero-order valence-electron chi connectivity index (χ0n) is 17.3. The third-order valence-electron chi connectivity index (χ3n) is 5.55. The molecule has 4 heteroatoms. The lowest BCUT2D eigenvalue weighted by molar-refractivity contribution is -0.185. The molecule has 4 nitrogen and oxygen atoms in total. The van der Waals surface area contributed by atoms with Gasteiger partial charge in [0.25, 0.3) is 0 Å². The van der Waals surface area contributed by atoms with Crippen molar-refractivity contribution in [3.8, 4) is 11.5 Å². The number of carbonyl (C=O) groups excluding carboxylic acids is 1. The van der Waals surface area contributed by atoms with Crippen LogP contribution in [0.25, 0.3) is 0 Å². The molecule has 1 aliphatic heterocycles. The number of cyclic esters (lactones) is 1. The highest BCUT2D eigenvalue weighted by molar-refractivity contribution is 5.78. The van der Waals surface area contributed by atoms with Crippen LogP contribution in [0.2, 0.25) is 0 Å². The van der Waals surface area contributed by atoms with E-state index in [2.05, 4.69) is 13.0 Å². The second-order valence-electron chi connectivity index (χ2n) is 7.57. The molecule has 1 aromatic rings. The van der Waals surface area contributed by atoms with Crippen molar-refractivity contribution in [2.45, 2.75) is 83.7 Å². The van der Waals surface area contributed by atoms with Crippen LogP contribution in [0, 0.1) is 5.92 Å². The Morgan fingerprint density at radius 1 is 0.889 bits per heavy atom. The van der Waals surface area contributed by atoms with Gasteiger partial charge in [0.05, 0.1) is 20.1 Å². The van der Waals surface area contributed by atoms with Gasteiger partial charge >= 0.3 is 5.97 Å². The Labute approximate surface area is 164 Å². The number of benzene rings is 1. The summed E-state index contributed by atoms with van der Waals surface area (Å²) in [5.41, 5.74) is 1.18. The van der Waals surface area contributed by atoms with Crippen molar-refractivity contribution in [3.63, 3.8) is 0 Å². The second kappa shape index (κ2) is 11.9. The average Bonchev–Trinajstić information content (AvgIpc) is 2.69. The van der Waals surface area contributed by atoms with Crippen LogP contribution in [-0.4, -0.2) is 26.3 Å². The summed E-state index contributed by atoms with van der Waals surface area (Å²) in [5, 5.41) is 0. The molecule has 0 saturated carbocycles. The molecule has 0 bridgehead atoms. The number of aryl methyl sites for hydroxylation is 1. The number of rotatable bonds is 14. The average molecular weight is 377 g/mol. The van der Waals surface area contributed by atoms with Crippen LogP contribution in [0.3, 0.4) is 0 Å². The van der Waals surface area contributed by atoms with Gasteiger partial charge in [-0.2, -0.15) is 0 Å². The SMILES string of the molecule is CCCCCCCCCC[C@H]1C(=O)O[C@H]1CCc1ccc(OC)c(OC)c1. The number of esters is 1. The normalized spacial score (nSPS) is 18.7. The minimum Gasteiger partial charge on any atom is -0.493 e. The Bertz CT molecular complexity index is 569. The quantitative estimate of drug-likeness (QED) is 0.308. The molecule has 152 valence electrons. The lowest BCUT2D eigenvalue weighted by Crippen LogP contribution is -2.45. The Morgan fingerprint density at radius 2 is 1.56 bits per heavy atom. The predicted octanol–water partition coefficient (Wildman–Crippen LogP) is 5.71. The van der Waals surface area contributed by atoms with Gasteiger partial charge in [-0.25, -0.2) is 0 Å². The van der Waals surface area contributed by atoms with Gasteiger partial charge in [0, 0.05) is 0 Å². The van der Waals surface area contributed by atoms with Crippen LogP contribution in [0.4, 0.5) is 0 Å². The lowest BCUT2D eigenvalue weighted by atomic mass is 9.87. The molecule has 1 heterocycles. The second-order valence-corrected chi connectivity index (χ2v) is 7.57. The van der Waals surface area contributed by atoms with E-state index in [4.69, 9.17) is 14.2 Å². The lowest BCUT2D eigenvalue weighted by Gasteiger charge is -2.35. The number of ether oxygens (including phenoxy) is 3. The molecule has 0 aromatic heterocycles. The van der Waals surface area contributed by atoms with Gasteiger partial charge in [0.1, 0.15) is 6.10 Å². The molecule has 0 N–H and O–H groups in total. The first-order valence-electron chi connectivity index (χ1n) is 10.6. The zero-order valence-corrected chi connectivity index (χ0v) is 17.3. The molecule has 1 aromatic carbocycles. The maximum Gasteiger partial charge on any atom is 0.313 e. The van der Waals surface area contributed by atoms with Crippen molar-refractivity contribution in [1.82, 2.24) is 0 Å². The van der Waals surface area contributed by atoms with Crippen LogP contribution in [0.1, 0.15) is 76.7 Å². The van der Waals surface area contributed by atoms with Crippen LogP contribution >= 0.6 is 0 Å². The molecule has 2 atom stereocenters. The monoisotopic (exact) mass is 376 g/mol. The molecular formula is C23H36O4. The van der Waals surface area contributed by atoms with Crippen molar-refractivity contribution in [1.29, 1.82) is 0 Å². The number of hydrogen-bond acceptors (Lipinski definition) is 4. The predicted molar refractivity (Wildman–Crippen MR) is 108 cm³/mol. The van der Waals surface area contributed by atoms with E-state index in [0.29, 0.717) is 0 Å². The molecule has 0 spiro atoms. The van der Waals surface area contributed by atoms with Crippen LogP contribution in [0.15, 0.2) is 18.2 Å². The Hall–Kier alpha value is -1.71. The molecule has 1 aliphatic rings. The first kappa shape index (κ1) is 21.6. The van der Waals surface area contributed by atoms with E-state index in [0.717, 1.165) is 37.2 Å². The fourth-order valence-electron chi connectivity index (χ4n) is 3.81. The zero-order chi connectivity index (χ0) is 19.5. The highest BCUT2D eigenvalue weighted by Gasteiger charge is 2.41. The number of unbranched alkanes of at least 4 members (excludes halogenated alkanes) is 7. The van der Waals surface area contributed by atoms with Crippen molar-refractivity contribution in [2.24, 2.45) is 5.92 Å². The summed E-state index contributed by atoms with van der Waals surface area (Å²) in [5.74, 6) is 1.58. The first-order valence-corrected chi connectivity index (χ1v) is 10.6. The summed E-state index contributed by atoms with van der Waals surface area (Å²) in [6.07, 6.45) is 13.2. The molecular weight excluding hydrogens is 340 g/mol. The van der Waals surface area contributed by atoms with Gasteiger partial charge in [-0.05, 0) is 37.0 Å². The van der Waals surface area contributed by atoms with Crippen molar-refractivity contribution >= 4 is 5.97 Å². The van der Waals surface area contributed by atoms with Crippen LogP contribution in [0.5, 0.6) is 11.5 Å². The molecule has 1 saturated heterocycles. The number of carbonyl (C=O) groups is 1. The molecule has 0 radical (unpaired) electrons. The topological polar surface area (TPSA) is 44.8 Å². The number of methoxy groups -OCH3 is 2. The number of hydrogen-bond donors (Lipinski definition) is 0. The first-order chi connectivity index (χ1) is 13.2. The highest BCUT2D eigenvalue weighted by atomic mass is 16.6. The Kier molecular flexibility index (Phi) is 9.51. The smallest absolute Gasteiger partial charge is 0.313 e. The summed E-state index contributed by atoms with van der Waals surface area (Å²) in [6, 6.07) is 5.99. The van der Waals surface area contributed by atoms with Gasteiger partial charge in [0.2, 0.25) is 0 Å². The van der Waals surface area contributed by atoms with Gasteiger partial charge < -0.3 is 14.2 Å². The molecule has 0 unspecified atom stereocenters. The summed E-state index contributed by atoms with van der Waals surface area (Å²) >= 11 is 0. The van der Waals surface area contributed by atoms with Crippen molar-refractivity contribution < 1.29 is 19.0 Å². The van der Waals surface area contributed by atoms with Crippen molar-refractivity contribution in [2.75, 3.05) is 14.2 Å². The fourth-order valence-corrected chi connectivity index (χ4v) is 3.81. The van der Waals surface area contributed by atoms with E-state index in [1.807, 2.05) is 12.1 Å². The van der Waals surface area contributed by atoms with E-state index in [-0.39, 0.29) is 18.0 Å². The maximum absolute atomic E-state index is 11.8. The minimum absolute atomic E-state index is 0.00439. The van der Waals surface area contributed by atoms with Gasteiger partial charge in [-0.3, -0.25) is 4.79 Å². The van der Waals surface area contributed by atoms with E-state index < -0.39 is 0 Å². The van der Waals surface area contributed by atoms with Crippen LogP contribution in [-0.2, 0) is 16.0 Å². The van der Waals surface area contributed by atoms with E-state index in [1.165, 1.54) is 50.5 Å². The molecule has 1 fully saturated rings. The van der Waals surface area contributed by atoms with Gasteiger partial charge in [0.15, 0.2) is 11.5 Å². The Morgan fingerprint density at radius 3 is 2.19 bits per heavy atom. The summed E-state index contributed by atoms with van der Waals surface area (Å²) < 4.78 is 16.0. The summed E-state index contributed by atoms with van der Waals surface area (Å²) in [6.45, 7) is 2.25. The van der Waals surface area contributed by atoms with E-state index in [1.54, 1.807) is 14.2 Å². The maximum atomic E-state index is 11.8. The molecule has 2 rings (SSSR count). The highest BCUT2D eigenvalue weighted by Crippen LogP contribution is 2.33. The standard InChI is InChI=1S/C23H36O4/c1-4-5-6-7-8-9-10-11-12-19-20(27-23(19)24)15-13-18-14-16-21(25-2)22(17-18)26-3/h14,16-17,19-20H,4-13,15H2,1-3H3/t19-,20+/m1/s1. The fraction of sp³-hybridized carbons (Fsp3) is 0.696. The third kappa shape index (κ3) is 6.75. The van der Waals surface area contributed by atoms with Crippen LogP contribution < -0.4 is 9.47 Å². The summed E-state index contributed by atoms with van der Waals surface area (Å²) in [4.78, 5) is 11.8. The molecule has 0 amide bonds. The minimum atomic E-state index is -0.00439. The largest absolute Gasteiger partial charge is 0.493 e. The Balaban J connectivity index is 1.66. The summed E-state index contributed by atoms with van der Waals surface area (Å²) in [7, 11) is 3.29. The molecule has 0 aliphatic carbocycles. The van der Waals surface area contributed by atoms with E-state index in [9.17, 15) is 4.79 Å². The van der Waals surface area contributed by atoms with Gasteiger partial charge in [-0.15, -0.1) is 0 Å². The van der Waals surface area contributed by atoms with Gasteiger partial charge in [-0.1, -0.05) is 64.4 Å². The third-order valence-corrected chi connectivity index (χ3v) is 5.55. The van der Waals surface area contributed by atoms with Crippen molar-refractivity contribution in [3.05, 3.63) is 23.8 Å². The van der Waals surface area contributed by atoms with E-state index >= 15 is 0 Å².